The van der Waals surface area contributed by atoms with Crippen molar-refractivity contribution in [1.82, 2.24) is 5.32 Å². The zero-order valence-electron chi connectivity index (χ0n) is 10.00. The molecule has 6 heteroatoms. The molecule has 0 aromatic rings. The van der Waals surface area contributed by atoms with Crippen LogP contribution in [-0.4, -0.2) is 59.3 Å². The number of fused-ring (bicyclic) bond motifs is 1. The molecule has 0 bridgehead atoms. The van der Waals surface area contributed by atoms with E-state index in [9.17, 15) is 10.2 Å². The first-order chi connectivity index (χ1) is 7.98. The van der Waals surface area contributed by atoms with E-state index in [4.69, 9.17) is 14.2 Å². The fourth-order valence-electron chi connectivity index (χ4n) is 2.86. The summed E-state index contributed by atoms with van der Waals surface area (Å²) >= 11 is 0. The van der Waals surface area contributed by atoms with E-state index in [0.717, 1.165) is 6.54 Å². The van der Waals surface area contributed by atoms with Gasteiger partial charge in [0.1, 0.15) is 18.3 Å². The van der Waals surface area contributed by atoms with E-state index in [1.165, 1.54) is 0 Å². The molecule has 3 aliphatic rings. The number of aliphatic hydroxyl groups is 2. The molecule has 3 fully saturated rings. The minimum absolute atomic E-state index is 0.245. The Hall–Kier alpha value is -0.240. The molecule has 3 saturated heterocycles. The highest BCUT2D eigenvalue weighted by atomic mass is 16.8. The van der Waals surface area contributed by atoms with Crippen LogP contribution in [0.3, 0.4) is 0 Å². The Balaban J connectivity index is 1.72. The Kier molecular flexibility index (Phi) is 2.70. The lowest BCUT2D eigenvalue weighted by Gasteiger charge is -2.27. The Morgan fingerprint density at radius 2 is 1.94 bits per heavy atom. The van der Waals surface area contributed by atoms with Gasteiger partial charge in [-0.1, -0.05) is 0 Å². The molecule has 0 spiro atoms. The van der Waals surface area contributed by atoms with E-state index in [-0.39, 0.29) is 6.04 Å². The maximum absolute atomic E-state index is 10.2. The van der Waals surface area contributed by atoms with Crippen molar-refractivity contribution in [3.8, 4) is 0 Å². The van der Waals surface area contributed by atoms with Crippen LogP contribution in [0.15, 0.2) is 0 Å². The maximum Gasteiger partial charge on any atom is 0.190 e. The van der Waals surface area contributed by atoms with Crippen LogP contribution < -0.4 is 5.32 Å². The van der Waals surface area contributed by atoms with Crippen LogP contribution >= 0.6 is 0 Å². The molecule has 3 aliphatic heterocycles. The van der Waals surface area contributed by atoms with Crippen LogP contribution in [0, 0.1) is 0 Å². The van der Waals surface area contributed by atoms with Gasteiger partial charge in [-0.25, -0.2) is 0 Å². The van der Waals surface area contributed by atoms with Gasteiger partial charge in [0.15, 0.2) is 12.1 Å². The summed E-state index contributed by atoms with van der Waals surface area (Å²) in [6, 6.07) is -0.245. The molecule has 0 radical (unpaired) electrons. The third-order valence-electron chi connectivity index (χ3n) is 3.64. The van der Waals surface area contributed by atoms with Crippen molar-refractivity contribution in [2.24, 2.45) is 0 Å². The summed E-state index contributed by atoms with van der Waals surface area (Å²) in [6.07, 6.45) is -2.06. The van der Waals surface area contributed by atoms with E-state index < -0.39 is 36.5 Å². The molecule has 0 aromatic heterocycles. The van der Waals surface area contributed by atoms with Crippen LogP contribution in [-0.2, 0) is 14.2 Å². The summed E-state index contributed by atoms with van der Waals surface area (Å²) in [5, 5.41) is 23.1. The molecule has 0 saturated carbocycles. The van der Waals surface area contributed by atoms with E-state index >= 15 is 0 Å². The summed E-state index contributed by atoms with van der Waals surface area (Å²) in [7, 11) is 0. The van der Waals surface area contributed by atoms with E-state index in [1.807, 2.05) is 0 Å². The average molecular weight is 245 g/mol. The SMILES string of the molecule is CC1(C)OC2OC(C3NCCC3O)C(O)C2O1. The zero-order chi connectivity index (χ0) is 12.2. The number of aliphatic hydroxyl groups excluding tert-OH is 2. The normalized spacial score (nSPS) is 52.9. The summed E-state index contributed by atoms with van der Waals surface area (Å²) in [4.78, 5) is 0. The molecule has 3 heterocycles. The first-order valence-electron chi connectivity index (χ1n) is 6.08. The average Bonchev–Trinajstić information content (AvgIpc) is 2.83. The number of rotatable bonds is 1. The second-order valence-electron chi connectivity index (χ2n) is 5.40. The monoisotopic (exact) mass is 245 g/mol. The van der Waals surface area contributed by atoms with Crippen LogP contribution in [0.1, 0.15) is 20.3 Å². The van der Waals surface area contributed by atoms with E-state index in [0.29, 0.717) is 6.42 Å². The molecule has 3 N–H and O–H groups in total. The molecule has 17 heavy (non-hydrogen) atoms. The first-order valence-corrected chi connectivity index (χ1v) is 6.08. The van der Waals surface area contributed by atoms with Gasteiger partial charge in [0.05, 0.1) is 12.1 Å². The molecule has 0 amide bonds. The first kappa shape index (κ1) is 11.8. The predicted octanol–water partition coefficient (Wildman–Crippen LogP) is -1.05. The van der Waals surface area contributed by atoms with Crippen molar-refractivity contribution in [3.05, 3.63) is 0 Å². The summed E-state index contributed by atoms with van der Waals surface area (Å²) in [6.45, 7) is 4.32. The summed E-state index contributed by atoms with van der Waals surface area (Å²) < 4.78 is 16.8. The minimum Gasteiger partial charge on any atom is -0.391 e. The van der Waals surface area contributed by atoms with Crippen LogP contribution in [0.5, 0.6) is 0 Å². The number of ether oxygens (including phenoxy) is 3. The standard InChI is InChI=1S/C11H19NO5/c1-11(2)16-9-7(14)8(15-10(9)17-11)6-5(13)3-4-12-6/h5-10,12-14H,3-4H2,1-2H3. The quantitative estimate of drug-likeness (QED) is 0.547. The van der Waals surface area contributed by atoms with Gasteiger partial charge in [-0.3, -0.25) is 0 Å². The summed E-state index contributed by atoms with van der Waals surface area (Å²) in [5.74, 6) is -0.719. The Morgan fingerprint density at radius 1 is 1.18 bits per heavy atom. The number of hydrogen-bond acceptors (Lipinski definition) is 6. The van der Waals surface area contributed by atoms with Crippen molar-refractivity contribution in [1.29, 1.82) is 0 Å². The molecule has 98 valence electrons. The maximum atomic E-state index is 10.2. The lowest BCUT2D eigenvalue weighted by Crippen LogP contribution is -2.49. The lowest BCUT2D eigenvalue weighted by molar-refractivity contribution is -0.219. The highest BCUT2D eigenvalue weighted by Gasteiger charge is 2.57. The van der Waals surface area contributed by atoms with Crippen molar-refractivity contribution >= 4 is 0 Å². The molecule has 0 aromatic carbocycles. The summed E-state index contributed by atoms with van der Waals surface area (Å²) in [5.41, 5.74) is 0. The van der Waals surface area contributed by atoms with Crippen LogP contribution in [0.2, 0.25) is 0 Å². The fourth-order valence-corrected chi connectivity index (χ4v) is 2.86. The molecular weight excluding hydrogens is 226 g/mol. The van der Waals surface area contributed by atoms with Gasteiger partial charge in [0.25, 0.3) is 0 Å². The van der Waals surface area contributed by atoms with Crippen LogP contribution in [0.4, 0.5) is 0 Å². The predicted molar refractivity (Wildman–Crippen MR) is 57.1 cm³/mol. The van der Waals surface area contributed by atoms with Crippen molar-refractivity contribution in [2.45, 2.75) is 62.8 Å². The zero-order valence-corrected chi connectivity index (χ0v) is 10.00. The third-order valence-corrected chi connectivity index (χ3v) is 3.64. The van der Waals surface area contributed by atoms with Gasteiger partial charge in [-0.05, 0) is 26.8 Å². The molecule has 3 rings (SSSR count). The lowest BCUT2D eigenvalue weighted by atomic mass is 10.0. The smallest absolute Gasteiger partial charge is 0.190 e. The van der Waals surface area contributed by atoms with Gasteiger partial charge >= 0.3 is 0 Å². The Morgan fingerprint density at radius 3 is 2.53 bits per heavy atom. The Bertz CT molecular complexity index is 310. The van der Waals surface area contributed by atoms with Crippen molar-refractivity contribution < 1.29 is 24.4 Å². The molecule has 0 aliphatic carbocycles. The highest BCUT2D eigenvalue weighted by Crippen LogP contribution is 2.39. The third kappa shape index (κ3) is 1.89. The van der Waals surface area contributed by atoms with Gasteiger partial charge in [0.2, 0.25) is 0 Å². The topological polar surface area (TPSA) is 80.2 Å². The fraction of sp³-hybridized carbons (Fsp3) is 1.00. The largest absolute Gasteiger partial charge is 0.391 e. The van der Waals surface area contributed by atoms with E-state index in [2.05, 4.69) is 5.32 Å². The van der Waals surface area contributed by atoms with Gasteiger partial charge in [0, 0.05) is 0 Å². The molecule has 6 unspecified atom stereocenters. The minimum atomic E-state index is -0.771. The Labute approximate surface area is 99.9 Å². The second-order valence-corrected chi connectivity index (χ2v) is 5.40. The van der Waals surface area contributed by atoms with Crippen molar-refractivity contribution in [3.63, 3.8) is 0 Å². The van der Waals surface area contributed by atoms with Gasteiger partial charge < -0.3 is 29.7 Å². The second kappa shape index (κ2) is 3.88. The highest BCUT2D eigenvalue weighted by molar-refractivity contribution is 5.01. The van der Waals surface area contributed by atoms with Crippen molar-refractivity contribution in [2.75, 3.05) is 6.54 Å². The van der Waals surface area contributed by atoms with Crippen LogP contribution in [0.25, 0.3) is 0 Å². The van der Waals surface area contributed by atoms with E-state index in [1.54, 1.807) is 13.8 Å². The number of hydrogen-bond donors (Lipinski definition) is 3. The number of nitrogens with one attached hydrogen (secondary N) is 1. The molecular formula is C11H19NO5. The molecule has 6 atom stereocenters. The molecule has 6 nitrogen and oxygen atoms in total. The van der Waals surface area contributed by atoms with Gasteiger partial charge in [-0.15, -0.1) is 0 Å². The van der Waals surface area contributed by atoms with Gasteiger partial charge in [-0.2, -0.15) is 0 Å².